The van der Waals surface area contributed by atoms with Crippen LogP contribution in [0, 0.1) is 0 Å². The zero-order valence-electron chi connectivity index (χ0n) is 17.7. The van der Waals surface area contributed by atoms with E-state index < -0.39 is 6.10 Å². The van der Waals surface area contributed by atoms with E-state index in [1.807, 2.05) is 47.0 Å². The summed E-state index contributed by atoms with van der Waals surface area (Å²) in [5.74, 6) is 1.10. The van der Waals surface area contributed by atoms with Crippen molar-refractivity contribution in [1.82, 2.24) is 14.9 Å². The standard InChI is InChI=1S/C25H23Cl2N3O3/c26-18-10-11-23(20(27)14-18)33-16-19(31)15-30-22-9-5-4-8-21(22)29-24(30)12-13-28-25(32)17-6-2-1-3-7-17/h1-11,14,19,31H,12-13,15-16H2,(H,28,32). The van der Waals surface area contributed by atoms with Gasteiger partial charge in [-0.15, -0.1) is 0 Å². The smallest absolute Gasteiger partial charge is 0.251 e. The van der Waals surface area contributed by atoms with Gasteiger partial charge in [-0.1, -0.05) is 53.5 Å². The number of imidazole rings is 1. The fraction of sp³-hybridized carbons (Fsp3) is 0.200. The summed E-state index contributed by atoms with van der Waals surface area (Å²) in [6.07, 6.45) is -0.281. The number of aromatic nitrogens is 2. The topological polar surface area (TPSA) is 76.4 Å². The second-order valence-corrected chi connectivity index (χ2v) is 8.38. The number of fused-ring (bicyclic) bond motifs is 1. The lowest BCUT2D eigenvalue weighted by Gasteiger charge is -2.16. The van der Waals surface area contributed by atoms with Crippen LogP contribution in [0.2, 0.25) is 10.0 Å². The van der Waals surface area contributed by atoms with Crippen LogP contribution in [0.1, 0.15) is 16.2 Å². The predicted octanol–water partition coefficient (Wildman–Crippen LogP) is 4.76. The molecule has 1 amide bonds. The van der Waals surface area contributed by atoms with Crippen LogP contribution in [0.5, 0.6) is 5.75 Å². The Morgan fingerprint density at radius 3 is 2.61 bits per heavy atom. The number of amides is 1. The van der Waals surface area contributed by atoms with Gasteiger partial charge in [-0.25, -0.2) is 4.98 Å². The van der Waals surface area contributed by atoms with E-state index in [0.29, 0.717) is 34.3 Å². The fourth-order valence-electron chi connectivity index (χ4n) is 3.54. The summed E-state index contributed by atoms with van der Waals surface area (Å²) in [5.41, 5.74) is 2.35. The number of carbonyl (C=O) groups excluding carboxylic acids is 1. The van der Waals surface area contributed by atoms with E-state index in [0.717, 1.165) is 16.9 Å². The molecule has 0 aliphatic carbocycles. The molecule has 0 aliphatic heterocycles. The molecule has 0 fully saturated rings. The Bertz CT molecular complexity index is 1240. The van der Waals surface area contributed by atoms with Crippen molar-refractivity contribution in [1.29, 1.82) is 0 Å². The Kier molecular flexibility index (Phi) is 7.50. The maximum absolute atomic E-state index is 12.3. The van der Waals surface area contributed by atoms with E-state index in [9.17, 15) is 9.90 Å². The van der Waals surface area contributed by atoms with Gasteiger partial charge >= 0.3 is 0 Å². The summed E-state index contributed by atoms with van der Waals surface area (Å²) < 4.78 is 7.64. The van der Waals surface area contributed by atoms with Crippen molar-refractivity contribution in [2.45, 2.75) is 19.1 Å². The molecule has 0 saturated heterocycles. The number of halogens is 2. The number of ether oxygens (including phenoxy) is 1. The van der Waals surface area contributed by atoms with Crippen LogP contribution < -0.4 is 10.1 Å². The summed E-state index contributed by atoms with van der Waals surface area (Å²) in [7, 11) is 0. The first kappa shape index (κ1) is 23.1. The highest BCUT2D eigenvalue weighted by molar-refractivity contribution is 6.35. The average molecular weight is 484 g/mol. The number of hydrogen-bond donors (Lipinski definition) is 2. The van der Waals surface area contributed by atoms with Crippen molar-refractivity contribution in [3.63, 3.8) is 0 Å². The van der Waals surface area contributed by atoms with Crippen molar-refractivity contribution >= 4 is 40.1 Å². The van der Waals surface area contributed by atoms with Crippen LogP contribution in [-0.4, -0.2) is 39.8 Å². The third-order valence-corrected chi connectivity index (χ3v) is 5.65. The van der Waals surface area contributed by atoms with Gasteiger partial charge in [0.1, 0.15) is 24.3 Å². The summed E-state index contributed by atoms with van der Waals surface area (Å²) in [6, 6.07) is 21.7. The lowest BCUT2D eigenvalue weighted by atomic mass is 10.2. The highest BCUT2D eigenvalue weighted by Gasteiger charge is 2.16. The number of nitrogens with one attached hydrogen (secondary N) is 1. The first-order valence-electron chi connectivity index (χ1n) is 10.5. The number of aliphatic hydroxyl groups excluding tert-OH is 1. The van der Waals surface area contributed by atoms with Crippen molar-refractivity contribution in [2.24, 2.45) is 0 Å². The number of hydrogen-bond acceptors (Lipinski definition) is 4. The Morgan fingerprint density at radius 2 is 1.82 bits per heavy atom. The van der Waals surface area contributed by atoms with E-state index in [2.05, 4.69) is 5.32 Å². The summed E-state index contributed by atoms with van der Waals surface area (Å²) in [4.78, 5) is 17.0. The van der Waals surface area contributed by atoms with Gasteiger partial charge in [0, 0.05) is 23.6 Å². The number of benzene rings is 3. The molecule has 0 bridgehead atoms. The molecule has 8 heteroatoms. The van der Waals surface area contributed by atoms with Crippen molar-refractivity contribution in [3.8, 4) is 5.75 Å². The number of carbonyl (C=O) groups is 1. The van der Waals surface area contributed by atoms with Crippen molar-refractivity contribution < 1.29 is 14.6 Å². The SMILES string of the molecule is O=C(NCCc1nc2ccccc2n1CC(O)COc1ccc(Cl)cc1Cl)c1ccccc1. The maximum Gasteiger partial charge on any atom is 0.251 e. The van der Waals surface area contributed by atoms with Crippen molar-refractivity contribution in [3.05, 3.63) is 94.2 Å². The largest absolute Gasteiger partial charge is 0.489 e. The maximum atomic E-state index is 12.3. The highest BCUT2D eigenvalue weighted by atomic mass is 35.5. The minimum Gasteiger partial charge on any atom is -0.489 e. The third kappa shape index (κ3) is 5.85. The first-order chi connectivity index (χ1) is 16.0. The fourth-order valence-corrected chi connectivity index (χ4v) is 4.00. The highest BCUT2D eigenvalue weighted by Crippen LogP contribution is 2.27. The molecule has 0 spiro atoms. The Labute approximate surface area is 201 Å². The summed E-state index contributed by atoms with van der Waals surface area (Å²) >= 11 is 12.1. The minimum absolute atomic E-state index is 0.0536. The van der Waals surface area contributed by atoms with E-state index in [4.69, 9.17) is 32.9 Å². The molecule has 1 unspecified atom stereocenters. The Morgan fingerprint density at radius 1 is 1.06 bits per heavy atom. The van der Waals surface area contributed by atoms with Gasteiger partial charge in [-0.05, 0) is 42.5 Å². The van der Waals surface area contributed by atoms with Crippen LogP contribution in [-0.2, 0) is 13.0 Å². The molecule has 0 radical (unpaired) electrons. The minimum atomic E-state index is -0.799. The molecule has 2 N–H and O–H groups in total. The second kappa shape index (κ2) is 10.7. The van der Waals surface area contributed by atoms with Crippen LogP contribution in [0.3, 0.4) is 0 Å². The van der Waals surface area contributed by atoms with E-state index in [1.54, 1.807) is 30.3 Å². The number of para-hydroxylation sites is 2. The Hall–Kier alpha value is -3.06. The van der Waals surface area contributed by atoms with E-state index >= 15 is 0 Å². The van der Waals surface area contributed by atoms with E-state index in [-0.39, 0.29) is 19.1 Å². The first-order valence-corrected chi connectivity index (χ1v) is 11.3. The number of aliphatic hydroxyl groups is 1. The number of nitrogens with zero attached hydrogens (tertiary/aromatic N) is 2. The van der Waals surface area contributed by atoms with Crippen LogP contribution in [0.15, 0.2) is 72.8 Å². The third-order valence-electron chi connectivity index (χ3n) is 5.12. The average Bonchev–Trinajstić information content (AvgIpc) is 3.16. The van der Waals surface area contributed by atoms with Crippen LogP contribution in [0.4, 0.5) is 0 Å². The monoisotopic (exact) mass is 483 g/mol. The normalized spacial score (nSPS) is 12.0. The Balaban J connectivity index is 1.42. The predicted molar refractivity (Wildman–Crippen MR) is 130 cm³/mol. The molecule has 1 heterocycles. The van der Waals surface area contributed by atoms with Gasteiger partial charge in [0.15, 0.2) is 0 Å². The molecule has 0 aliphatic rings. The molecule has 0 saturated carbocycles. The van der Waals surface area contributed by atoms with Gasteiger partial charge in [-0.2, -0.15) is 0 Å². The quantitative estimate of drug-likeness (QED) is 0.360. The van der Waals surface area contributed by atoms with Gasteiger partial charge in [-0.3, -0.25) is 4.79 Å². The van der Waals surface area contributed by atoms with Gasteiger partial charge in [0.05, 0.1) is 22.6 Å². The lowest BCUT2D eigenvalue weighted by Crippen LogP contribution is -2.28. The summed E-state index contributed by atoms with van der Waals surface area (Å²) in [6.45, 7) is 0.760. The van der Waals surface area contributed by atoms with Gasteiger partial charge < -0.3 is 19.7 Å². The molecule has 170 valence electrons. The molecule has 6 nitrogen and oxygen atoms in total. The van der Waals surface area contributed by atoms with Gasteiger partial charge in [0.2, 0.25) is 0 Å². The summed E-state index contributed by atoms with van der Waals surface area (Å²) in [5, 5.41) is 14.5. The lowest BCUT2D eigenvalue weighted by molar-refractivity contribution is 0.0923. The second-order valence-electron chi connectivity index (χ2n) is 7.54. The zero-order chi connectivity index (χ0) is 23.2. The van der Waals surface area contributed by atoms with Gasteiger partial charge in [0.25, 0.3) is 5.91 Å². The van der Waals surface area contributed by atoms with Crippen LogP contribution in [0.25, 0.3) is 11.0 Å². The molecular weight excluding hydrogens is 461 g/mol. The molecule has 1 atom stereocenters. The number of rotatable bonds is 9. The van der Waals surface area contributed by atoms with Crippen LogP contribution >= 0.6 is 23.2 Å². The molecule has 1 aromatic heterocycles. The molecule has 4 aromatic rings. The van der Waals surface area contributed by atoms with E-state index in [1.165, 1.54) is 0 Å². The van der Waals surface area contributed by atoms with Crippen molar-refractivity contribution in [2.75, 3.05) is 13.2 Å². The molecule has 4 rings (SSSR count). The molecule has 3 aromatic carbocycles. The molecular formula is C25H23Cl2N3O3. The zero-order valence-corrected chi connectivity index (χ0v) is 19.3. The molecule has 33 heavy (non-hydrogen) atoms.